The number of nitrogens with one attached hydrogen (secondary N) is 1. The molecule has 26 heavy (non-hydrogen) atoms. The SMILES string of the molecule is Cc1nc(Oc2ccccc2)nc(C)c1NC(=O)CCC1CCCCC1. The second-order valence-electron chi connectivity index (χ2n) is 7.06. The number of carbonyl (C=O) groups is 1. The van der Waals surface area contributed by atoms with Crippen LogP contribution in [-0.4, -0.2) is 15.9 Å². The van der Waals surface area contributed by atoms with Crippen molar-refractivity contribution in [1.29, 1.82) is 0 Å². The molecule has 0 spiro atoms. The normalized spacial score (nSPS) is 14.8. The Kier molecular flexibility index (Phi) is 6.21. The maximum Gasteiger partial charge on any atom is 0.322 e. The van der Waals surface area contributed by atoms with Gasteiger partial charge in [-0.1, -0.05) is 50.3 Å². The average Bonchev–Trinajstić information content (AvgIpc) is 2.65. The predicted octanol–water partition coefficient (Wildman–Crippen LogP) is 5.18. The molecule has 3 rings (SSSR count). The highest BCUT2D eigenvalue weighted by atomic mass is 16.5. The van der Waals surface area contributed by atoms with Crippen LogP contribution in [0, 0.1) is 19.8 Å². The van der Waals surface area contributed by atoms with Gasteiger partial charge >= 0.3 is 6.01 Å². The highest BCUT2D eigenvalue weighted by Gasteiger charge is 2.17. The summed E-state index contributed by atoms with van der Waals surface area (Å²) < 4.78 is 5.69. The van der Waals surface area contributed by atoms with Gasteiger partial charge in [-0.05, 0) is 38.3 Å². The lowest BCUT2D eigenvalue weighted by Crippen LogP contribution is -2.17. The van der Waals surface area contributed by atoms with Crippen LogP contribution in [0.25, 0.3) is 0 Å². The first-order valence-electron chi connectivity index (χ1n) is 9.50. The summed E-state index contributed by atoms with van der Waals surface area (Å²) in [5, 5.41) is 2.99. The Balaban J connectivity index is 1.59. The molecule has 0 bridgehead atoms. The Morgan fingerprint density at radius 1 is 1.08 bits per heavy atom. The van der Waals surface area contributed by atoms with Gasteiger partial charge in [0.2, 0.25) is 5.91 Å². The minimum absolute atomic E-state index is 0.0436. The smallest absolute Gasteiger partial charge is 0.322 e. The van der Waals surface area contributed by atoms with E-state index in [2.05, 4.69) is 15.3 Å². The number of carbonyl (C=O) groups excluding carboxylic acids is 1. The standard InChI is InChI=1S/C21H27N3O2/c1-15-20(24-19(25)14-13-17-9-5-3-6-10-17)16(2)23-21(22-15)26-18-11-7-4-8-12-18/h4,7-8,11-12,17H,3,5-6,9-10,13-14H2,1-2H3,(H,24,25). The van der Waals surface area contributed by atoms with Gasteiger partial charge in [0, 0.05) is 6.42 Å². The van der Waals surface area contributed by atoms with Crippen LogP contribution in [0.15, 0.2) is 30.3 Å². The molecule has 1 aliphatic carbocycles. The van der Waals surface area contributed by atoms with Crippen LogP contribution >= 0.6 is 0 Å². The molecule has 1 N–H and O–H groups in total. The summed E-state index contributed by atoms with van der Waals surface area (Å²) in [6, 6.07) is 9.73. The molecule has 1 aromatic carbocycles. The van der Waals surface area contributed by atoms with Gasteiger partial charge < -0.3 is 10.1 Å². The van der Waals surface area contributed by atoms with Crippen molar-refractivity contribution in [3.8, 4) is 11.8 Å². The molecule has 5 heteroatoms. The van der Waals surface area contributed by atoms with E-state index in [-0.39, 0.29) is 5.91 Å². The van der Waals surface area contributed by atoms with E-state index in [1.54, 1.807) is 0 Å². The molecule has 1 aromatic heterocycles. The van der Waals surface area contributed by atoms with Crippen LogP contribution in [0.2, 0.25) is 0 Å². The number of benzene rings is 1. The summed E-state index contributed by atoms with van der Waals surface area (Å²) in [6.07, 6.45) is 8.02. The first-order chi connectivity index (χ1) is 12.6. The fraction of sp³-hybridized carbons (Fsp3) is 0.476. The number of hydrogen-bond acceptors (Lipinski definition) is 4. The van der Waals surface area contributed by atoms with E-state index in [1.807, 2.05) is 44.2 Å². The van der Waals surface area contributed by atoms with Crippen LogP contribution in [-0.2, 0) is 4.79 Å². The average molecular weight is 353 g/mol. The molecule has 0 saturated heterocycles. The van der Waals surface area contributed by atoms with E-state index in [1.165, 1.54) is 32.1 Å². The predicted molar refractivity (Wildman–Crippen MR) is 102 cm³/mol. The Bertz CT molecular complexity index is 717. The minimum atomic E-state index is 0.0436. The summed E-state index contributed by atoms with van der Waals surface area (Å²) in [5.41, 5.74) is 2.13. The van der Waals surface area contributed by atoms with Crippen LogP contribution in [0.3, 0.4) is 0 Å². The molecular formula is C21H27N3O2. The molecule has 5 nitrogen and oxygen atoms in total. The molecule has 0 atom stereocenters. The van der Waals surface area contributed by atoms with Crippen molar-refractivity contribution >= 4 is 11.6 Å². The van der Waals surface area contributed by atoms with Gasteiger partial charge in [0.05, 0.1) is 17.1 Å². The number of ether oxygens (including phenoxy) is 1. The maximum atomic E-state index is 12.3. The molecule has 2 aromatic rings. The highest BCUT2D eigenvalue weighted by molar-refractivity contribution is 5.91. The summed E-state index contributed by atoms with van der Waals surface area (Å²) >= 11 is 0. The Labute approximate surface area is 155 Å². The number of amides is 1. The van der Waals surface area contributed by atoms with Crippen LogP contribution in [0.5, 0.6) is 11.8 Å². The maximum absolute atomic E-state index is 12.3. The van der Waals surface area contributed by atoms with Gasteiger partial charge in [0.15, 0.2) is 0 Å². The van der Waals surface area contributed by atoms with Gasteiger partial charge in [-0.15, -0.1) is 0 Å². The fourth-order valence-corrected chi connectivity index (χ4v) is 3.52. The zero-order valence-corrected chi connectivity index (χ0v) is 15.6. The number of hydrogen-bond donors (Lipinski definition) is 1. The van der Waals surface area contributed by atoms with E-state index >= 15 is 0 Å². The van der Waals surface area contributed by atoms with Crippen molar-refractivity contribution in [2.45, 2.75) is 58.8 Å². The zero-order valence-electron chi connectivity index (χ0n) is 15.6. The van der Waals surface area contributed by atoms with Crippen LogP contribution in [0.4, 0.5) is 5.69 Å². The van der Waals surface area contributed by atoms with Crippen molar-refractivity contribution in [2.24, 2.45) is 5.92 Å². The third-order valence-electron chi connectivity index (χ3n) is 4.97. The highest BCUT2D eigenvalue weighted by Crippen LogP contribution is 2.28. The van der Waals surface area contributed by atoms with Crippen molar-refractivity contribution in [3.63, 3.8) is 0 Å². The van der Waals surface area contributed by atoms with Gasteiger partial charge in [-0.2, -0.15) is 9.97 Å². The van der Waals surface area contributed by atoms with Crippen molar-refractivity contribution in [2.75, 3.05) is 5.32 Å². The van der Waals surface area contributed by atoms with Crippen molar-refractivity contribution in [3.05, 3.63) is 41.7 Å². The van der Waals surface area contributed by atoms with Gasteiger partial charge in [-0.3, -0.25) is 4.79 Å². The Hall–Kier alpha value is -2.43. The number of anilines is 1. The molecule has 1 fully saturated rings. The summed E-state index contributed by atoms with van der Waals surface area (Å²) in [7, 11) is 0. The molecule has 0 radical (unpaired) electrons. The zero-order chi connectivity index (χ0) is 18.4. The monoisotopic (exact) mass is 353 g/mol. The largest absolute Gasteiger partial charge is 0.424 e. The number of aryl methyl sites for hydroxylation is 2. The Morgan fingerprint density at radius 2 is 1.73 bits per heavy atom. The molecule has 1 saturated carbocycles. The first kappa shape index (κ1) is 18.4. The molecular weight excluding hydrogens is 326 g/mol. The molecule has 1 aliphatic rings. The van der Waals surface area contributed by atoms with E-state index in [0.29, 0.717) is 29.8 Å². The molecule has 138 valence electrons. The van der Waals surface area contributed by atoms with Crippen molar-refractivity contribution < 1.29 is 9.53 Å². The number of rotatable bonds is 6. The van der Waals surface area contributed by atoms with Gasteiger partial charge in [-0.25, -0.2) is 0 Å². The van der Waals surface area contributed by atoms with E-state index in [9.17, 15) is 4.79 Å². The third kappa shape index (κ3) is 5.04. The summed E-state index contributed by atoms with van der Waals surface area (Å²) in [4.78, 5) is 21.1. The van der Waals surface area contributed by atoms with E-state index in [4.69, 9.17) is 4.74 Å². The summed E-state index contributed by atoms with van der Waals surface area (Å²) in [6.45, 7) is 3.73. The first-order valence-corrected chi connectivity index (χ1v) is 9.50. The lowest BCUT2D eigenvalue weighted by Gasteiger charge is -2.21. The lowest BCUT2D eigenvalue weighted by molar-refractivity contribution is -0.116. The number of aromatic nitrogens is 2. The quantitative estimate of drug-likeness (QED) is 0.776. The molecule has 1 heterocycles. The molecule has 0 aliphatic heterocycles. The fourth-order valence-electron chi connectivity index (χ4n) is 3.52. The minimum Gasteiger partial charge on any atom is -0.424 e. The third-order valence-corrected chi connectivity index (χ3v) is 4.97. The number of para-hydroxylation sites is 1. The topological polar surface area (TPSA) is 64.1 Å². The number of nitrogens with zero attached hydrogens (tertiary/aromatic N) is 2. The molecule has 0 unspecified atom stereocenters. The van der Waals surface area contributed by atoms with E-state index in [0.717, 1.165) is 17.8 Å². The van der Waals surface area contributed by atoms with Gasteiger partial charge in [0.1, 0.15) is 5.75 Å². The second kappa shape index (κ2) is 8.79. The van der Waals surface area contributed by atoms with E-state index < -0.39 is 0 Å². The van der Waals surface area contributed by atoms with Gasteiger partial charge in [0.25, 0.3) is 0 Å². The van der Waals surface area contributed by atoms with Crippen LogP contribution < -0.4 is 10.1 Å². The van der Waals surface area contributed by atoms with Crippen molar-refractivity contribution in [1.82, 2.24) is 9.97 Å². The summed E-state index contributed by atoms with van der Waals surface area (Å²) in [5.74, 6) is 1.44. The van der Waals surface area contributed by atoms with Crippen LogP contribution in [0.1, 0.15) is 56.3 Å². The Morgan fingerprint density at radius 3 is 2.38 bits per heavy atom. The second-order valence-corrected chi connectivity index (χ2v) is 7.06. The molecule has 1 amide bonds. The lowest BCUT2D eigenvalue weighted by atomic mass is 9.86.